The van der Waals surface area contributed by atoms with Crippen molar-refractivity contribution in [2.24, 2.45) is 10.7 Å². The molecule has 0 saturated carbocycles. The van der Waals surface area contributed by atoms with Gasteiger partial charge in [0.05, 0.1) is 19.8 Å². The minimum Gasteiger partial charge on any atom is -0.379 e. The third-order valence-electron chi connectivity index (χ3n) is 4.33. The minimum atomic E-state index is -0.0180. The lowest BCUT2D eigenvalue weighted by Crippen LogP contribution is -2.51. The summed E-state index contributed by atoms with van der Waals surface area (Å²) in [6.07, 6.45) is 0. The highest BCUT2D eigenvalue weighted by atomic mass is 127. The molecule has 1 heterocycles. The molecule has 1 aromatic carbocycles. The summed E-state index contributed by atoms with van der Waals surface area (Å²) in [5.41, 5.74) is 8.32. The van der Waals surface area contributed by atoms with E-state index in [2.05, 4.69) is 55.0 Å². The molecule has 1 aromatic rings. The van der Waals surface area contributed by atoms with Gasteiger partial charge in [-0.2, -0.15) is 0 Å². The standard InChI is InChI=1S/C18H30N4O.HI/c1-14(2)15-6-5-7-16(12-15)21-17(19)20-13-18(3,4)22-8-10-23-11-9-22;/h5-7,12,14H,8-11,13H2,1-4H3,(H3,19,20,21);1H. The molecule has 1 saturated heterocycles. The van der Waals surface area contributed by atoms with Crippen LogP contribution in [-0.4, -0.2) is 49.2 Å². The lowest BCUT2D eigenvalue weighted by molar-refractivity contribution is -0.00680. The molecule has 0 spiro atoms. The quantitative estimate of drug-likeness (QED) is 0.414. The zero-order chi connectivity index (χ0) is 16.9. The van der Waals surface area contributed by atoms with Crippen molar-refractivity contribution in [3.63, 3.8) is 0 Å². The number of guanidine groups is 1. The average Bonchev–Trinajstić information content (AvgIpc) is 2.54. The van der Waals surface area contributed by atoms with Crippen LogP contribution in [0.15, 0.2) is 29.3 Å². The summed E-state index contributed by atoms with van der Waals surface area (Å²) in [5.74, 6) is 0.961. The third kappa shape index (κ3) is 6.22. The minimum absolute atomic E-state index is 0. The Labute approximate surface area is 163 Å². The number of nitrogens with two attached hydrogens (primary N) is 1. The number of morpholine rings is 1. The Morgan fingerprint density at radius 2 is 2.00 bits per heavy atom. The number of hydrogen-bond acceptors (Lipinski definition) is 3. The van der Waals surface area contributed by atoms with Gasteiger partial charge in [-0.05, 0) is 37.5 Å². The molecule has 5 nitrogen and oxygen atoms in total. The summed E-state index contributed by atoms with van der Waals surface area (Å²) < 4.78 is 5.42. The van der Waals surface area contributed by atoms with Crippen molar-refractivity contribution >= 4 is 35.6 Å². The maximum atomic E-state index is 6.06. The van der Waals surface area contributed by atoms with E-state index in [1.165, 1.54) is 5.56 Å². The highest BCUT2D eigenvalue weighted by Gasteiger charge is 2.27. The zero-order valence-electron chi connectivity index (χ0n) is 15.2. The van der Waals surface area contributed by atoms with Gasteiger partial charge in [-0.25, -0.2) is 0 Å². The maximum Gasteiger partial charge on any atom is 0.193 e. The van der Waals surface area contributed by atoms with E-state index in [-0.39, 0.29) is 29.5 Å². The Bertz CT molecular complexity index is 540. The van der Waals surface area contributed by atoms with Gasteiger partial charge in [-0.15, -0.1) is 24.0 Å². The van der Waals surface area contributed by atoms with Crippen molar-refractivity contribution in [1.29, 1.82) is 0 Å². The van der Waals surface area contributed by atoms with E-state index in [4.69, 9.17) is 10.5 Å². The molecule has 0 amide bonds. The molecule has 0 radical (unpaired) electrons. The SMILES string of the molecule is CC(C)c1cccc(NC(N)=NCC(C)(C)N2CCOCC2)c1.I. The Morgan fingerprint density at radius 1 is 1.33 bits per heavy atom. The van der Waals surface area contributed by atoms with Gasteiger partial charge in [0.1, 0.15) is 0 Å². The van der Waals surface area contributed by atoms with Crippen LogP contribution in [0.2, 0.25) is 0 Å². The highest BCUT2D eigenvalue weighted by molar-refractivity contribution is 14.0. The average molecular weight is 446 g/mol. The summed E-state index contributed by atoms with van der Waals surface area (Å²) >= 11 is 0. The lowest BCUT2D eigenvalue weighted by Gasteiger charge is -2.39. The fraction of sp³-hybridized carbons (Fsp3) is 0.611. The molecular weight excluding hydrogens is 415 g/mol. The Balaban J connectivity index is 0.00000288. The van der Waals surface area contributed by atoms with Crippen LogP contribution >= 0.6 is 24.0 Å². The summed E-state index contributed by atoms with van der Waals surface area (Å²) in [7, 11) is 0. The predicted octanol–water partition coefficient (Wildman–Crippen LogP) is 3.27. The summed E-state index contributed by atoms with van der Waals surface area (Å²) in [4.78, 5) is 6.95. The molecule has 3 N–H and O–H groups in total. The molecule has 24 heavy (non-hydrogen) atoms. The topological polar surface area (TPSA) is 62.9 Å². The van der Waals surface area contributed by atoms with Crippen molar-refractivity contribution in [3.05, 3.63) is 29.8 Å². The van der Waals surface area contributed by atoms with E-state index in [1.54, 1.807) is 0 Å². The van der Waals surface area contributed by atoms with E-state index in [9.17, 15) is 0 Å². The first-order valence-corrected chi connectivity index (χ1v) is 8.38. The molecular formula is C18H31IN4O. The smallest absolute Gasteiger partial charge is 0.193 e. The number of ether oxygens (including phenoxy) is 1. The molecule has 2 rings (SSSR count). The van der Waals surface area contributed by atoms with Gasteiger partial charge >= 0.3 is 0 Å². The normalized spacial score (nSPS) is 16.8. The second-order valence-corrected chi connectivity index (χ2v) is 7.02. The third-order valence-corrected chi connectivity index (χ3v) is 4.33. The monoisotopic (exact) mass is 446 g/mol. The van der Waals surface area contributed by atoms with Crippen molar-refractivity contribution in [2.45, 2.75) is 39.2 Å². The maximum absolute atomic E-state index is 6.06. The van der Waals surface area contributed by atoms with Crippen LogP contribution in [0.3, 0.4) is 0 Å². The Hall–Kier alpha value is -0.860. The molecule has 1 fully saturated rings. The second kappa shape index (κ2) is 9.58. The first-order valence-electron chi connectivity index (χ1n) is 8.38. The zero-order valence-corrected chi connectivity index (χ0v) is 17.5. The molecule has 0 aromatic heterocycles. The van der Waals surface area contributed by atoms with Crippen LogP contribution in [0, 0.1) is 0 Å². The number of aliphatic imine (C=N–C) groups is 1. The van der Waals surface area contributed by atoms with E-state index < -0.39 is 0 Å². The van der Waals surface area contributed by atoms with Gasteiger partial charge in [0, 0.05) is 24.3 Å². The van der Waals surface area contributed by atoms with E-state index in [1.807, 2.05) is 12.1 Å². The number of nitrogens with zero attached hydrogens (tertiary/aromatic N) is 2. The fourth-order valence-electron chi connectivity index (χ4n) is 2.71. The number of rotatable bonds is 5. The van der Waals surface area contributed by atoms with Gasteiger partial charge in [-0.3, -0.25) is 9.89 Å². The first-order chi connectivity index (χ1) is 10.9. The molecule has 1 aliphatic rings. The number of benzene rings is 1. The second-order valence-electron chi connectivity index (χ2n) is 7.02. The van der Waals surface area contributed by atoms with E-state index in [0.717, 1.165) is 32.0 Å². The van der Waals surface area contributed by atoms with Crippen molar-refractivity contribution in [1.82, 2.24) is 4.90 Å². The number of hydrogen-bond donors (Lipinski definition) is 2. The number of anilines is 1. The summed E-state index contributed by atoms with van der Waals surface area (Å²) in [5, 5.41) is 3.20. The van der Waals surface area contributed by atoms with Gasteiger partial charge in [0.15, 0.2) is 5.96 Å². The molecule has 1 aliphatic heterocycles. The van der Waals surface area contributed by atoms with Crippen molar-refractivity contribution in [3.8, 4) is 0 Å². The summed E-state index contributed by atoms with van der Waals surface area (Å²) in [6.45, 7) is 12.9. The van der Waals surface area contributed by atoms with Crippen molar-refractivity contribution in [2.75, 3.05) is 38.2 Å². The van der Waals surface area contributed by atoms with Crippen molar-refractivity contribution < 1.29 is 4.74 Å². The molecule has 6 heteroatoms. The van der Waals surface area contributed by atoms with Gasteiger partial charge in [0.25, 0.3) is 0 Å². The van der Waals surface area contributed by atoms with Gasteiger partial charge in [0.2, 0.25) is 0 Å². The van der Waals surface area contributed by atoms with Crippen LogP contribution in [0.25, 0.3) is 0 Å². The molecule has 0 aliphatic carbocycles. The first kappa shape index (κ1) is 21.2. The fourth-order valence-corrected chi connectivity index (χ4v) is 2.71. The number of halogens is 1. The molecule has 136 valence electrons. The highest BCUT2D eigenvalue weighted by Crippen LogP contribution is 2.19. The summed E-state index contributed by atoms with van der Waals surface area (Å²) in [6, 6.07) is 8.31. The Morgan fingerprint density at radius 3 is 2.62 bits per heavy atom. The number of nitrogens with one attached hydrogen (secondary N) is 1. The van der Waals surface area contributed by atoms with E-state index >= 15 is 0 Å². The molecule has 0 atom stereocenters. The predicted molar refractivity (Wildman–Crippen MR) is 113 cm³/mol. The van der Waals surface area contributed by atoms with Crippen LogP contribution in [0.1, 0.15) is 39.2 Å². The van der Waals surface area contributed by atoms with Crippen LogP contribution in [0.5, 0.6) is 0 Å². The largest absolute Gasteiger partial charge is 0.379 e. The van der Waals surface area contributed by atoms with Crippen LogP contribution in [0.4, 0.5) is 5.69 Å². The van der Waals surface area contributed by atoms with Crippen LogP contribution < -0.4 is 11.1 Å². The lowest BCUT2D eigenvalue weighted by atomic mass is 10.0. The van der Waals surface area contributed by atoms with Crippen LogP contribution in [-0.2, 0) is 4.74 Å². The molecule has 0 bridgehead atoms. The molecule has 0 unspecified atom stereocenters. The van der Waals surface area contributed by atoms with Gasteiger partial charge < -0.3 is 15.8 Å². The van der Waals surface area contributed by atoms with E-state index in [0.29, 0.717) is 18.4 Å². The Kier molecular flexibility index (Phi) is 8.45. The van der Waals surface area contributed by atoms with Gasteiger partial charge in [-0.1, -0.05) is 26.0 Å².